The zero-order valence-electron chi connectivity index (χ0n) is 10.3. The Morgan fingerprint density at radius 1 is 1.63 bits per heavy atom. The van der Waals surface area contributed by atoms with Crippen LogP contribution < -0.4 is 0 Å². The molecule has 0 saturated carbocycles. The summed E-state index contributed by atoms with van der Waals surface area (Å²) in [5.74, 6) is -0.258. The van der Waals surface area contributed by atoms with Crippen molar-refractivity contribution >= 4 is 46.3 Å². The average molecular weight is 297 g/mol. The fourth-order valence-electron chi connectivity index (χ4n) is 1.59. The Balaban J connectivity index is 2.24. The first kappa shape index (κ1) is 13.8. The lowest BCUT2D eigenvalue weighted by Gasteiger charge is -2.20. The third kappa shape index (κ3) is 2.71. The quantitative estimate of drug-likeness (QED) is 0.483. The van der Waals surface area contributed by atoms with E-state index >= 15 is 0 Å². The normalized spacial score (nSPS) is 19.1. The van der Waals surface area contributed by atoms with E-state index in [1.54, 1.807) is 25.1 Å². The Bertz CT molecular complexity index is 550. The lowest BCUT2D eigenvalue weighted by atomic mass is 10.3. The van der Waals surface area contributed by atoms with Gasteiger partial charge < -0.3 is 9.15 Å². The van der Waals surface area contributed by atoms with Crippen molar-refractivity contribution in [2.24, 2.45) is 0 Å². The molecule has 1 saturated heterocycles. The van der Waals surface area contributed by atoms with Gasteiger partial charge in [-0.05, 0) is 19.1 Å². The molecule has 0 N–H and O–H groups in total. The monoisotopic (exact) mass is 297 g/mol. The van der Waals surface area contributed by atoms with E-state index in [1.165, 1.54) is 18.3 Å². The molecule has 0 aliphatic carbocycles. The molecule has 7 heteroatoms. The molecule has 1 amide bonds. The van der Waals surface area contributed by atoms with Crippen molar-refractivity contribution in [1.29, 1.82) is 0 Å². The zero-order chi connectivity index (χ0) is 14.0. The van der Waals surface area contributed by atoms with Gasteiger partial charge in [-0.15, -0.1) is 0 Å². The number of ether oxygens (including phenoxy) is 1. The molecule has 19 heavy (non-hydrogen) atoms. The summed E-state index contributed by atoms with van der Waals surface area (Å²) in [5, 5.41) is 0. The summed E-state index contributed by atoms with van der Waals surface area (Å²) in [5.41, 5.74) is 0. The predicted octanol–water partition coefficient (Wildman–Crippen LogP) is 2.04. The number of thioether (sulfide) groups is 1. The van der Waals surface area contributed by atoms with E-state index in [2.05, 4.69) is 4.74 Å². The van der Waals surface area contributed by atoms with Gasteiger partial charge in [-0.2, -0.15) is 0 Å². The maximum atomic E-state index is 12.2. The number of furan rings is 1. The van der Waals surface area contributed by atoms with Crippen LogP contribution in [0.4, 0.5) is 0 Å². The van der Waals surface area contributed by atoms with Crippen LogP contribution in [0.3, 0.4) is 0 Å². The number of hydrogen-bond donors (Lipinski definition) is 0. The Labute approximate surface area is 119 Å². The second kappa shape index (κ2) is 5.58. The maximum absolute atomic E-state index is 12.2. The Hall–Kier alpha value is -1.60. The van der Waals surface area contributed by atoms with Gasteiger partial charge in [0.2, 0.25) is 0 Å². The number of hydrogen-bond acceptors (Lipinski definition) is 6. The second-order valence-corrected chi connectivity index (χ2v) is 5.44. The van der Waals surface area contributed by atoms with Crippen LogP contribution in [0.25, 0.3) is 6.08 Å². The van der Waals surface area contributed by atoms with Gasteiger partial charge >= 0.3 is 5.97 Å². The Kier molecular flexibility index (Phi) is 4.06. The fraction of sp³-hybridized carbons (Fsp3) is 0.250. The number of amides is 1. The smallest absolute Gasteiger partial charge is 0.328 e. The predicted molar refractivity (Wildman–Crippen MR) is 75.2 cm³/mol. The minimum absolute atomic E-state index is 0.315. The van der Waals surface area contributed by atoms with Gasteiger partial charge in [0.1, 0.15) is 16.1 Å². The van der Waals surface area contributed by atoms with Crippen LogP contribution in [-0.4, -0.2) is 34.2 Å². The molecule has 1 aliphatic heterocycles. The van der Waals surface area contributed by atoms with Crippen molar-refractivity contribution in [3.05, 3.63) is 29.1 Å². The van der Waals surface area contributed by atoms with Gasteiger partial charge in [0, 0.05) is 6.08 Å². The van der Waals surface area contributed by atoms with Crippen LogP contribution in [0.15, 0.2) is 27.7 Å². The summed E-state index contributed by atoms with van der Waals surface area (Å²) in [4.78, 5) is 25.4. The minimum atomic E-state index is -0.736. The molecule has 1 fully saturated rings. The van der Waals surface area contributed by atoms with Gasteiger partial charge in [0.05, 0.1) is 18.3 Å². The molecule has 2 heterocycles. The molecular weight excluding hydrogens is 286 g/mol. The van der Waals surface area contributed by atoms with E-state index in [1.807, 2.05) is 0 Å². The number of methoxy groups -OCH3 is 1. The van der Waals surface area contributed by atoms with E-state index in [4.69, 9.17) is 16.6 Å². The highest BCUT2D eigenvalue weighted by Crippen LogP contribution is 2.34. The van der Waals surface area contributed by atoms with E-state index in [0.29, 0.717) is 15.0 Å². The summed E-state index contributed by atoms with van der Waals surface area (Å²) in [6, 6.07) is 2.72. The van der Waals surface area contributed by atoms with E-state index in [9.17, 15) is 9.59 Å². The number of carbonyl (C=O) groups excluding carboxylic acids is 2. The summed E-state index contributed by atoms with van der Waals surface area (Å²) in [6.45, 7) is 1.58. The Morgan fingerprint density at radius 2 is 2.37 bits per heavy atom. The van der Waals surface area contributed by atoms with Crippen molar-refractivity contribution in [1.82, 2.24) is 4.90 Å². The zero-order valence-corrected chi connectivity index (χ0v) is 11.9. The molecule has 0 spiro atoms. The van der Waals surface area contributed by atoms with E-state index in [-0.39, 0.29) is 5.91 Å². The number of carbonyl (C=O) groups is 2. The van der Waals surface area contributed by atoms with Crippen molar-refractivity contribution in [2.75, 3.05) is 7.11 Å². The van der Waals surface area contributed by atoms with Crippen LogP contribution in [0, 0.1) is 0 Å². The van der Waals surface area contributed by atoms with Gasteiger partial charge in [0.15, 0.2) is 0 Å². The second-order valence-electron chi connectivity index (χ2n) is 3.77. The van der Waals surface area contributed by atoms with Crippen molar-refractivity contribution in [3.63, 3.8) is 0 Å². The number of thiocarbonyl (C=S) groups is 1. The molecule has 2 rings (SSSR count). The molecule has 5 nitrogen and oxygen atoms in total. The molecule has 0 radical (unpaired) electrons. The van der Waals surface area contributed by atoms with Crippen molar-refractivity contribution in [3.8, 4) is 0 Å². The number of esters is 1. The van der Waals surface area contributed by atoms with Crippen LogP contribution in [0.2, 0.25) is 0 Å². The first-order valence-electron chi connectivity index (χ1n) is 5.43. The number of nitrogens with zero attached hydrogens (tertiary/aromatic N) is 1. The molecule has 0 unspecified atom stereocenters. The standard InChI is InChI=1S/C12H11NO4S2/c1-7(11(15)16-2)13-10(14)9(19-12(13)18)6-8-4-3-5-17-8/h3-7H,1-2H3/b9-6-/t7-/m0/s1. The SMILES string of the molecule is COC(=O)[C@H](C)N1C(=O)/C(=C/c2ccco2)SC1=S. The molecule has 0 aromatic carbocycles. The summed E-state index contributed by atoms with van der Waals surface area (Å²) in [7, 11) is 1.27. The van der Waals surface area contributed by atoms with Gasteiger partial charge in [-0.1, -0.05) is 24.0 Å². The molecule has 1 aliphatic rings. The first-order chi connectivity index (χ1) is 9.04. The Morgan fingerprint density at radius 3 is 2.95 bits per heavy atom. The van der Waals surface area contributed by atoms with E-state index < -0.39 is 12.0 Å². The highest BCUT2D eigenvalue weighted by Gasteiger charge is 2.38. The number of rotatable bonds is 3. The molecular formula is C12H11NO4S2. The maximum Gasteiger partial charge on any atom is 0.328 e. The van der Waals surface area contributed by atoms with Crippen LogP contribution in [0.1, 0.15) is 12.7 Å². The van der Waals surface area contributed by atoms with Crippen LogP contribution in [-0.2, 0) is 14.3 Å². The summed E-state index contributed by atoms with van der Waals surface area (Å²) < 4.78 is 10.1. The van der Waals surface area contributed by atoms with Crippen molar-refractivity contribution < 1.29 is 18.7 Å². The molecule has 1 atom stereocenters. The highest BCUT2D eigenvalue weighted by atomic mass is 32.2. The average Bonchev–Trinajstić information content (AvgIpc) is 2.98. The van der Waals surface area contributed by atoms with Crippen molar-refractivity contribution in [2.45, 2.75) is 13.0 Å². The van der Waals surface area contributed by atoms with Crippen LogP contribution in [0.5, 0.6) is 0 Å². The molecule has 1 aromatic rings. The minimum Gasteiger partial charge on any atom is -0.467 e. The molecule has 0 bridgehead atoms. The topological polar surface area (TPSA) is 59.8 Å². The lowest BCUT2D eigenvalue weighted by Crippen LogP contribution is -2.42. The van der Waals surface area contributed by atoms with Gasteiger partial charge in [-0.25, -0.2) is 4.79 Å². The third-order valence-corrected chi connectivity index (χ3v) is 3.90. The largest absolute Gasteiger partial charge is 0.467 e. The molecule has 100 valence electrons. The summed E-state index contributed by atoms with van der Waals surface area (Å²) >= 11 is 6.26. The van der Waals surface area contributed by atoms with Gasteiger partial charge in [0.25, 0.3) is 5.91 Å². The van der Waals surface area contributed by atoms with E-state index in [0.717, 1.165) is 11.8 Å². The first-order valence-corrected chi connectivity index (χ1v) is 6.65. The third-order valence-electron chi connectivity index (χ3n) is 2.57. The molecule has 1 aromatic heterocycles. The fourth-order valence-corrected chi connectivity index (χ4v) is 2.99. The van der Waals surface area contributed by atoms with Crippen LogP contribution >= 0.6 is 24.0 Å². The van der Waals surface area contributed by atoms with Gasteiger partial charge in [-0.3, -0.25) is 9.69 Å². The summed E-state index contributed by atoms with van der Waals surface area (Å²) in [6.07, 6.45) is 3.12. The highest BCUT2D eigenvalue weighted by molar-refractivity contribution is 8.26. The lowest BCUT2D eigenvalue weighted by molar-refractivity contribution is -0.147.